The van der Waals surface area contributed by atoms with Crippen LogP contribution in [0, 0.1) is 11.3 Å². The summed E-state index contributed by atoms with van der Waals surface area (Å²) < 4.78 is 31.9. The Kier molecular flexibility index (Phi) is 5.21. The van der Waals surface area contributed by atoms with Gasteiger partial charge in [0.15, 0.2) is 6.10 Å². The van der Waals surface area contributed by atoms with Gasteiger partial charge in [-0.2, -0.15) is 5.26 Å². The number of hydrogen-bond donors (Lipinski definition) is 2. The lowest BCUT2D eigenvalue weighted by molar-refractivity contribution is -0.123. The van der Waals surface area contributed by atoms with Crippen LogP contribution in [0.2, 0.25) is 0 Å². The van der Waals surface area contributed by atoms with Crippen LogP contribution in [0.4, 0.5) is 5.69 Å². The van der Waals surface area contributed by atoms with Crippen LogP contribution in [0.3, 0.4) is 0 Å². The van der Waals surface area contributed by atoms with Gasteiger partial charge in [-0.1, -0.05) is 12.1 Å². The third-order valence-electron chi connectivity index (χ3n) is 3.02. The Balaban J connectivity index is 2.05. The van der Waals surface area contributed by atoms with E-state index >= 15 is 0 Å². The van der Waals surface area contributed by atoms with E-state index in [2.05, 4.69) is 5.32 Å². The molecule has 0 radical (unpaired) electrons. The molecule has 1 aromatic carbocycles. The molecule has 2 rings (SSSR count). The number of nitrogens with two attached hydrogens (primary N) is 1. The molecule has 1 amide bonds. The Morgan fingerprint density at radius 1 is 1.28 bits per heavy atom. The number of carbonyl (C=O) groups excluding carboxylic acids is 2. The second kappa shape index (κ2) is 7.16. The van der Waals surface area contributed by atoms with Gasteiger partial charge in [-0.15, -0.1) is 0 Å². The van der Waals surface area contributed by atoms with Gasteiger partial charge >= 0.3 is 5.97 Å². The fourth-order valence-electron chi connectivity index (χ4n) is 1.78. The van der Waals surface area contributed by atoms with Crippen LogP contribution in [0.1, 0.15) is 23.0 Å². The number of nitriles is 1. The molecule has 10 heteroatoms. The lowest BCUT2D eigenvalue weighted by Crippen LogP contribution is -2.30. The van der Waals surface area contributed by atoms with Crippen LogP contribution in [0.15, 0.2) is 45.9 Å². The first kappa shape index (κ1) is 18.2. The zero-order chi connectivity index (χ0) is 18.6. The number of furan rings is 1. The van der Waals surface area contributed by atoms with E-state index < -0.39 is 38.9 Å². The van der Waals surface area contributed by atoms with E-state index in [1.54, 1.807) is 12.1 Å². The van der Waals surface area contributed by atoms with Crippen LogP contribution >= 0.6 is 0 Å². The maximum absolute atomic E-state index is 12.1. The molecule has 0 aliphatic heterocycles. The predicted molar refractivity (Wildman–Crippen MR) is 84.7 cm³/mol. The van der Waals surface area contributed by atoms with E-state index in [9.17, 15) is 18.0 Å². The van der Waals surface area contributed by atoms with Crippen molar-refractivity contribution in [2.24, 2.45) is 5.14 Å². The van der Waals surface area contributed by atoms with Gasteiger partial charge in [-0.05, 0) is 31.2 Å². The van der Waals surface area contributed by atoms with Crippen LogP contribution in [0.25, 0.3) is 0 Å². The average molecular weight is 363 g/mol. The first-order valence-electron chi connectivity index (χ1n) is 6.86. The van der Waals surface area contributed by atoms with E-state index in [0.717, 1.165) is 12.1 Å². The van der Waals surface area contributed by atoms with E-state index in [1.165, 1.54) is 19.1 Å². The van der Waals surface area contributed by atoms with Crippen molar-refractivity contribution in [2.75, 3.05) is 5.32 Å². The molecule has 0 fully saturated rings. The highest BCUT2D eigenvalue weighted by Gasteiger charge is 2.23. The van der Waals surface area contributed by atoms with Crippen molar-refractivity contribution in [3.63, 3.8) is 0 Å². The number of sulfonamides is 1. The minimum atomic E-state index is -4.09. The molecule has 2 aromatic rings. The standard InChI is InChI=1S/C15H13N3O6S/c1-9(14(19)18-11-5-3-2-4-10(11)8-16)23-15(20)12-6-7-13(24-12)25(17,21)22/h2-7,9H,1H3,(H,18,19)(H2,17,21,22). The number of benzene rings is 1. The van der Waals surface area contributed by atoms with Gasteiger partial charge in [-0.25, -0.2) is 18.4 Å². The predicted octanol–water partition coefficient (Wildman–Crippen LogP) is 0.983. The van der Waals surface area contributed by atoms with Crippen molar-refractivity contribution in [1.82, 2.24) is 0 Å². The molecule has 1 atom stereocenters. The molecule has 0 saturated heterocycles. The SMILES string of the molecule is CC(OC(=O)c1ccc(S(N)(=O)=O)o1)C(=O)Nc1ccccc1C#N. The summed E-state index contributed by atoms with van der Waals surface area (Å²) in [4.78, 5) is 24.0. The van der Waals surface area contributed by atoms with Crippen LogP contribution in [0.5, 0.6) is 0 Å². The zero-order valence-corrected chi connectivity index (χ0v) is 13.7. The summed E-state index contributed by atoms with van der Waals surface area (Å²) in [5.74, 6) is -2.12. The maximum atomic E-state index is 12.1. The molecule has 1 heterocycles. The lowest BCUT2D eigenvalue weighted by atomic mass is 10.2. The fraction of sp³-hybridized carbons (Fsp3) is 0.133. The van der Waals surface area contributed by atoms with Gasteiger partial charge in [0.05, 0.1) is 11.3 Å². The minimum Gasteiger partial charge on any atom is -0.447 e. The summed E-state index contributed by atoms with van der Waals surface area (Å²) in [6, 6.07) is 10.3. The summed E-state index contributed by atoms with van der Waals surface area (Å²) in [6.45, 7) is 1.31. The number of anilines is 1. The van der Waals surface area contributed by atoms with E-state index in [4.69, 9.17) is 19.6 Å². The summed E-state index contributed by atoms with van der Waals surface area (Å²) in [7, 11) is -4.09. The topological polar surface area (TPSA) is 152 Å². The van der Waals surface area contributed by atoms with E-state index in [1.807, 2.05) is 6.07 Å². The van der Waals surface area contributed by atoms with Crippen molar-refractivity contribution >= 4 is 27.6 Å². The maximum Gasteiger partial charge on any atom is 0.375 e. The second-order valence-corrected chi connectivity index (χ2v) is 6.35. The van der Waals surface area contributed by atoms with Crippen molar-refractivity contribution in [2.45, 2.75) is 18.1 Å². The number of carbonyl (C=O) groups is 2. The Hall–Kier alpha value is -3.16. The Bertz CT molecular complexity index is 958. The molecule has 1 unspecified atom stereocenters. The zero-order valence-electron chi connectivity index (χ0n) is 12.9. The average Bonchev–Trinajstić information content (AvgIpc) is 3.05. The highest BCUT2D eigenvalue weighted by molar-refractivity contribution is 7.89. The van der Waals surface area contributed by atoms with Gasteiger partial charge in [0.25, 0.3) is 15.9 Å². The number of nitrogens with zero attached hydrogens (tertiary/aromatic N) is 1. The summed E-state index contributed by atoms with van der Waals surface area (Å²) in [6.07, 6.45) is -1.22. The number of ether oxygens (including phenoxy) is 1. The van der Waals surface area contributed by atoms with Gasteiger partial charge in [0, 0.05) is 0 Å². The van der Waals surface area contributed by atoms with Crippen molar-refractivity contribution in [1.29, 1.82) is 5.26 Å². The van der Waals surface area contributed by atoms with Gasteiger partial charge in [0.1, 0.15) is 6.07 Å². The van der Waals surface area contributed by atoms with Crippen LogP contribution < -0.4 is 10.5 Å². The number of esters is 1. The summed E-state index contributed by atoms with van der Waals surface area (Å²) >= 11 is 0. The van der Waals surface area contributed by atoms with Gasteiger partial charge in [-0.3, -0.25) is 4.79 Å². The Morgan fingerprint density at radius 2 is 1.96 bits per heavy atom. The molecule has 130 valence electrons. The number of primary sulfonamides is 1. The highest BCUT2D eigenvalue weighted by atomic mass is 32.2. The minimum absolute atomic E-state index is 0.248. The summed E-state index contributed by atoms with van der Waals surface area (Å²) in [5, 5.41) is 15.7. The van der Waals surface area contributed by atoms with Crippen molar-refractivity contribution in [3.8, 4) is 6.07 Å². The number of nitrogens with one attached hydrogen (secondary N) is 1. The second-order valence-electron chi connectivity index (χ2n) is 4.86. The summed E-state index contributed by atoms with van der Waals surface area (Å²) in [5.41, 5.74) is 0.519. The molecule has 1 aromatic heterocycles. The Morgan fingerprint density at radius 3 is 2.56 bits per heavy atom. The quantitative estimate of drug-likeness (QED) is 0.751. The number of hydrogen-bond acceptors (Lipinski definition) is 7. The highest BCUT2D eigenvalue weighted by Crippen LogP contribution is 2.16. The first-order valence-corrected chi connectivity index (χ1v) is 8.40. The van der Waals surface area contributed by atoms with Gasteiger partial charge < -0.3 is 14.5 Å². The number of para-hydroxylation sites is 1. The molecular formula is C15H13N3O6S. The molecule has 0 aliphatic rings. The lowest BCUT2D eigenvalue weighted by Gasteiger charge is -2.13. The van der Waals surface area contributed by atoms with E-state index in [-0.39, 0.29) is 11.3 Å². The molecule has 3 N–H and O–H groups in total. The smallest absolute Gasteiger partial charge is 0.375 e. The fourth-order valence-corrected chi connectivity index (χ4v) is 2.24. The molecule has 0 bridgehead atoms. The monoisotopic (exact) mass is 363 g/mol. The largest absolute Gasteiger partial charge is 0.447 e. The van der Waals surface area contributed by atoms with Gasteiger partial charge in [0.2, 0.25) is 10.9 Å². The van der Waals surface area contributed by atoms with E-state index in [0.29, 0.717) is 0 Å². The molecular weight excluding hydrogens is 350 g/mol. The molecule has 25 heavy (non-hydrogen) atoms. The number of amides is 1. The third kappa shape index (κ3) is 4.43. The Labute approximate surface area is 143 Å². The number of rotatable bonds is 5. The molecule has 0 spiro atoms. The molecule has 0 aliphatic carbocycles. The third-order valence-corrected chi connectivity index (χ3v) is 3.80. The van der Waals surface area contributed by atoms with Crippen LogP contribution in [-0.2, 0) is 19.6 Å². The van der Waals surface area contributed by atoms with Crippen LogP contribution in [-0.4, -0.2) is 26.4 Å². The first-order chi connectivity index (χ1) is 11.7. The molecule has 9 nitrogen and oxygen atoms in total. The van der Waals surface area contributed by atoms with Crippen molar-refractivity contribution in [3.05, 3.63) is 47.7 Å². The van der Waals surface area contributed by atoms with Crippen molar-refractivity contribution < 1.29 is 27.2 Å². The molecule has 0 saturated carbocycles. The normalized spacial score (nSPS) is 12.0.